The molecule has 1 fully saturated rings. The van der Waals surface area contributed by atoms with Gasteiger partial charge in [-0.15, -0.1) is 18.3 Å². The van der Waals surface area contributed by atoms with Gasteiger partial charge >= 0.3 is 12.4 Å². The van der Waals surface area contributed by atoms with Gasteiger partial charge in [-0.3, -0.25) is 0 Å². The van der Waals surface area contributed by atoms with Crippen molar-refractivity contribution in [3.05, 3.63) is 90.3 Å². The van der Waals surface area contributed by atoms with Gasteiger partial charge in [0, 0.05) is 29.6 Å². The van der Waals surface area contributed by atoms with Crippen LogP contribution in [0.25, 0.3) is 17.1 Å². The molecule has 0 saturated carbocycles. The third kappa shape index (κ3) is 8.05. The molecule has 45 heavy (non-hydrogen) atoms. The van der Waals surface area contributed by atoms with Crippen molar-refractivity contribution in [2.24, 2.45) is 4.99 Å². The van der Waals surface area contributed by atoms with Crippen LogP contribution < -0.4 is 15.0 Å². The quantitative estimate of drug-likeness (QED) is 0.210. The number of hydrogen-bond acceptors (Lipinski definition) is 5. The number of rotatable bonds is 8. The first-order chi connectivity index (χ1) is 21.5. The van der Waals surface area contributed by atoms with Gasteiger partial charge in [0.05, 0.1) is 5.69 Å². The largest absolute Gasteiger partial charge is 0.573 e. The SMILES string of the molecule is CC(C)c1ccccc1N1/C(=N/C(=O)NCC(C)c2ccc(-c3ncn(-c4ccc(OC(F)(F)F)cc4)n3)cc2)SCCC1C. The highest BCUT2D eigenvalue weighted by atomic mass is 32.2. The molecule has 1 saturated heterocycles. The number of carbonyl (C=O) groups is 1. The minimum absolute atomic E-state index is 0.0295. The summed E-state index contributed by atoms with van der Waals surface area (Å²) in [5, 5.41) is 8.14. The smallest absolute Gasteiger partial charge is 0.406 e. The predicted molar refractivity (Wildman–Crippen MR) is 172 cm³/mol. The van der Waals surface area contributed by atoms with E-state index in [1.807, 2.05) is 43.3 Å². The summed E-state index contributed by atoms with van der Waals surface area (Å²) in [6.45, 7) is 8.96. The zero-order valence-electron chi connectivity index (χ0n) is 25.5. The van der Waals surface area contributed by atoms with Gasteiger partial charge in [0.25, 0.3) is 0 Å². The van der Waals surface area contributed by atoms with E-state index in [0.29, 0.717) is 29.1 Å². The Morgan fingerprint density at radius 1 is 1.07 bits per heavy atom. The van der Waals surface area contributed by atoms with Gasteiger partial charge in [-0.05, 0) is 66.6 Å². The summed E-state index contributed by atoms with van der Waals surface area (Å²) in [6, 6.07) is 21.3. The molecule has 2 amide bonds. The number of halogens is 3. The molecule has 236 valence electrons. The summed E-state index contributed by atoms with van der Waals surface area (Å²) in [6.07, 6.45) is -2.24. The maximum absolute atomic E-state index is 13.0. The minimum atomic E-state index is -4.75. The molecule has 4 aromatic rings. The Hall–Kier alpha value is -4.32. The van der Waals surface area contributed by atoms with E-state index < -0.39 is 6.36 Å². The van der Waals surface area contributed by atoms with Crippen LogP contribution in [0, 0.1) is 0 Å². The summed E-state index contributed by atoms with van der Waals surface area (Å²) < 4.78 is 42.7. The van der Waals surface area contributed by atoms with Crippen molar-refractivity contribution in [2.75, 3.05) is 17.2 Å². The van der Waals surface area contributed by atoms with E-state index in [2.05, 4.69) is 62.9 Å². The molecule has 0 bridgehead atoms. The normalized spacial score (nSPS) is 17.0. The lowest BCUT2D eigenvalue weighted by molar-refractivity contribution is -0.274. The molecule has 1 aromatic heterocycles. The molecule has 0 spiro atoms. The van der Waals surface area contributed by atoms with Crippen LogP contribution in [0.1, 0.15) is 57.1 Å². The lowest BCUT2D eigenvalue weighted by Crippen LogP contribution is -2.42. The van der Waals surface area contributed by atoms with E-state index in [-0.39, 0.29) is 23.7 Å². The average molecular weight is 637 g/mol. The monoisotopic (exact) mass is 636 g/mol. The van der Waals surface area contributed by atoms with Crippen LogP contribution in [-0.2, 0) is 0 Å². The molecule has 2 atom stereocenters. The van der Waals surface area contributed by atoms with Crippen molar-refractivity contribution in [3.63, 3.8) is 0 Å². The lowest BCUT2D eigenvalue weighted by atomic mass is 9.99. The Labute approximate surface area is 264 Å². The lowest BCUT2D eigenvalue weighted by Gasteiger charge is -2.37. The molecule has 1 aliphatic rings. The maximum atomic E-state index is 13.0. The number of ether oxygens (including phenoxy) is 1. The number of nitrogens with zero attached hydrogens (tertiary/aromatic N) is 5. The van der Waals surface area contributed by atoms with E-state index >= 15 is 0 Å². The third-order valence-corrected chi connectivity index (χ3v) is 8.54. The Morgan fingerprint density at radius 2 is 1.78 bits per heavy atom. The number of para-hydroxylation sites is 1. The van der Waals surface area contributed by atoms with Gasteiger partial charge < -0.3 is 15.0 Å². The Bertz CT molecular complexity index is 1640. The minimum Gasteiger partial charge on any atom is -0.406 e. The molecule has 3 aromatic carbocycles. The zero-order valence-corrected chi connectivity index (χ0v) is 26.3. The van der Waals surface area contributed by atoms with Crippen LogP contribution in [0.2, 0.25) is 0 Å². The van der Waals surface area contributed by atoms with Gasteiger partial charge in [-0.1, -0.05) is 75.0 Å². The molecule has 1 aliphatic heterocycles. The van der Waals surface area contributed by atoms with Gasteiger partial charge in [0.1, 0.15) is 12.1 Å². The average Bonchev–Trinajstić information content (AvgIpc) is 3.50. The summed E-state index contributed by atoms with van der Waals surface area (Å²) in [5.41, 5.74) is 4.68. The topological polar surface area (TPSA) is 84.6 Å². The van der Waals surface area contributed by atoms with Crippen LogP contribution in [0.15, 0.2) is 84.1 Å². The van der Waals surface area contributed by atoms with Crippen molar-refractivity contribution in [3.8, 4) is 22.8 Å². The summed E-state index contributed by atoms with van der Waals surface area (Å²) in [5.74, 6) is 1.44. The standard InChI is InChI=1S/C33H35F3N6O2S/c1-21(2)28-7-5-6-8-29(28)42-23(4)17-18-45-32(42)39-31(43)37-19-22(3)24-9-11-25(12-10-24)30-38-20-41(40-30)26-13-15-27(16-14-26)44-33(34,35)36/h5-16,20-23H,17-19H2,1-4H3,(H,37,43)/b39-32-. The molecule has 0 aliphatic carbocycles. The van der Waals surface area contributed by atoms with Crippen molar-refractivity contribution < 1.29 is 22.7 Å². The second-order valence-electron chi connectivity index (χ2n) is 11.2. The number of aromatic nitrogens is 3. The second-order valence-corrected chi connectivity index (χ2v) is 12.3. The molecule has 12 heteroatoms. The van der Waals surface area contributed by atoms with Gasteiger partial charge in [0.2, 0.25) is 0 Å². The number of aliphatic imine (C=N–C) groups is 1. The Morgan fingerprint density at radius 3 is 2.47 bits per heavy atom. The number of thioether (sulfide) groups is 1. The molecule has 8 nitrogen and oxygen atoms in total. The zero-order chi connectivity index (χ0) is 32.1. The molecule has 5 rings (SSSR count). The third-order valence-electron chi connectivity index (χ3n) is 7.55. The van der Waals surface area contributed by atoms with Crippen LogP contribution in [-0.4, -0.2) is 50.7 Å². The Balaban J connectivity index is 1.20. The summed E-state index contributed by atoms with van der Waals surface area (Å²) in [7, 11) is 0. The first-order valence-corrected chi connectivity index (χ1v) is 15.7. The summed E-state index contributed by atoms with van der Waals surface area (Å²) in [4.78, 5) is 24.0. The Kier molecular flexibility index (Phi) is 9.81. The predicted octanol–water partition coefficient (Wildman–Crippen LogP) is 8.16. The molecule has 0 radical (unpaired) electrons. The number of amides is 2. The maximum Gasteiger partial charge on any atom is 0.573 e. The second kappa shape index (κ2) is 13.8. The van der Waals surface area contributed by atoms with E-state index in [4.69, 9.17) is 0 Å². The first kappa shape index (κ1) is 32.1. The number of urea groups is 1. The van der Waals surface area contributed by atoms with E-state index in [9.17, 15) is 18.0 Å². The number of carbonyl (C=O) groups excluding carboxylic acids is 1. The van der Waals surface area contributed by atoms with Gasteiger partial charge in [0.15, 0.2) is 11.0 Å². The van der Waals surface area contributed by atoms with Gasteiger partial charge in [-0.2, -0.15) is 4.99 Å². The number of benzene rings is 3. The van der Waals surface area contributed by atoms with Gasteiger partial charge in [-0.25, -0.2) is 14.5 Å². The van der Waals surface area contributed by atoms with E-state index in [1.165, 1.54) is 40.8 Å². The van der Waals surface area contributed by atoms with Crippen LogP contribution in [0.4, 0.5) is 23.7 Å². The summed E-state index contributed by atoms with van der Waals surface area (Å²) >= 11 is 1.61. The molecular weight excluding hydrogens is 601 g/mol. The van der Waals surface area contributed by atoms with Crippen molar-refractivity contribution in [1.29, 1.82) is 0 Å². The number of alkyl halides is 3. The molecule has 1 N–H and O–H groups in total. The number of anilines is 1. The van der Waals surface area contributed by atoms with Crippen LogP contribution >= 0.6 is 11.8 Å². The fourth-order valence-electron chi connectivity index (χ4n) is 5.10. The number of hydrogen-bond donors (Lipinski definition) is 1. The highest BCUT2D eigenvalue weighted by Crippen LogP contribution is 2.34. The molecular formula is C33H35F3N6O2S. The molecule has 2 heterocycles. The number of nitrogens with one attached hydrogen (secondary N) is 1. The first-order valence-electron chi connectivity index (χ1n) is 14.7. The van der Waals surface area contributed by atoms with E-state index in [0.717, 1.165) is 29.0 Å². The van der Waals surface area contributed by atoms with Crippen LogP contribution in [0.3, 0.4) is 0 Å². The molecule has 2 unspecified atom stereocenters. The van der Waals surface area contributed by atoms with E-state index in [1.54, 1.807) is 11.8 Å². The van der Waals surface area contributed by atoms with Crippen molar-refractivity contribution in [2.45, 2.75) is 58.4 Å². The fraction of sp³-hybridized carbons (Fsp3) is 0.333. The number of amidine groups is 1. The van der Waals surface area contributed by atoms with Crippen LogP contribution in [0.5, 0.6) is 5.75 Å². The fourth-order valence-corrected chi connectivity index (χ4v) is 6.30. The highest BCUT2D eigenvalue weighted by molar-refractivity contribution is 8.14. The van der Waals surface area contributed by atoms with Crippen molar-refractivity contribution >= 4 is 28.6 Å². The van der Waals surface area contributed by atoms with Crippen molar-refractivity contribution in [1.82, 2.24) is 20.1 Å². The highest BCUT2D eigenvalue weighted by Gasteiger charge is 2.31.